The van der Waals surface area contributed by atoms with Gasteiger partial charge in [-0.3, -0.25) is 4.79 Å². The lowest BCUT2D eigenvalue weighted by Gasteiger charge is -2.20. The lowest BCUT2D eigenvalue weighted by Crippen LogP contribution is -2.33. The Morgan fingerprint density at radius 1 is 1.29 bits per heavy atom. The number of hydrogen-bond acceptors (Lipinski definition) is 1. The summed E-state index contributed by atoms with van der Waals surface area (Å²) in [6.45, 7) is 3.59. The Hall–Kier alpha value is -1.52. The largest absolute Gasteiger partial charge is 0.416 e. The number of amides is 1. The Morgan fingerprint density at radius 3 is 2.76 bits per heavy atom. The van der Waals surface area contributed by atoms with Gasteiger partial charge < -0.3 is 4.90 Å². The molecule has 1 unspecified atom stereocenters. The Bertz CT molecular complexity index is 499. The van der Waals surface area contributed by atoms with Crippen LogP contribution >= 0.6 is 0 Å². The molecule has 1 aromatic carbocycles. The second kappa shape index (κ2) is 6.50. The fourth-order valence-corrected chi connectivity index (χ4v) is 2.66. The third-order valence-electron chi connectivity index (χ3n) is 3.98. The average Bonchev–Trinajstić information content (AvgIpc) is 2.63. The van der Waals surface area contributed by atoms with Gasteiger partial charge in [-0.25, -0.2) is 0 Å². The van der Waals surface area contributed by atoms with Crippen LogP contribution < -0.4 is 0 Å². The fourth-order valence-electron chi connectivity index (χ4n) is 2.66. The van der Waals surface area contributed by atoms with Crippen LogP contribution in [0.5, 0.6) is 0 Å². The summed E-state index contributed by atoms with van der Waals surface area (Å²) in [6.07, 6.45) is -1.29. The van der Waals surface area contributed by atoms with E-state index in [1.54, 1.807) is 11.0 Å². The molecule has 1 atom stereocenters. The van der Waals surface area contributed by atoms with Gasteiger partial charge in [-0.15, -0.1) is 0 Å². The Balaban J connectivity index is 2.02. The standard InChI is InChI=1S/C16H20F3NO/c1-12-4-3-8-20(9-7-12)15(21)11-13-5-2-6-14(10-13)16(17,18)19/h2,5-6,10,12H,3-4,7-9,11H2,1H3. The second-order valence-electron chi connectivity index (χ2n) is 5.79. The molecule has 1 amide bonds. The molecule has 1 aliphatic heterocycles. The fraction of sp³-hybridized carbons (Fsp3) is 0.562. The third kappa shape index (κ3) is 4.48. The number of rotatable bonds is 2. The van der Waals surface area contributed by atoms with Crippen molar-refractivity contribution in [1.29, 1.82) is 0 Å². The van der Waals surface area contributed by atoms with E-state index < -0.39 is 11.7 Å². The van der Waals surface area contributed by atoms with E-state index in [2.05, 4.69) is 6.92 Å². The summed E-state index contributed by atoms with van der Waals surface area (Å²) in [5, 5.41) is 0. The van der Waals surface area contributed by atoms with Crippen LogP contribution in [0.4, 0.5) is 13.2 Å². The van der Waals surface area contributed by atoms with E-state index >= 15 is 0 Å². The molecule has 1 saturated heterocycles. The molecule has 116 valence electrons. The molecule has 0 radical (unpaired) electrons. The van der Waals surface area contributed by atoms with Crippen LogP contribution in [0.3, 0.4) is 0 Å². The summed E-state index contributed by atoms with van der Waals surface area (Å²) in [5.74, 6) is 0.528. The van der Waals surface area contributed by atoms with Gasteiger partial charge in [-0.2, -0.15) is 13.2 Å². The van der Waals surface area contributed by atoms with Crippen LogP contribution in [0.15, 0.2) is 24.3 Å². The highest BCUT2D eigenvalue weighted by Gasteiger charge is 2.30. The first-order valence-electron chi connectivity index (χ1n) is 7.30. The number of benzene rings is 1. The number of alkyl halides is 3. The molecule has 1 aliphatic rings. The van der Waals surface area contributed by atoms with Gasteiger partial charge >= 0.3 is 6.18 Å². The second-order valence-corrected chi connectivity index (χ2v) is 5.79. The lowest BCUT2D eigenvalue weighted by molar-refractivity contribution is -0.138. The molecule has 0 saturated carbocycles. The molecule has 0 aromatic heterocycles. The highest BCUT2D eigenvalue weighted by molar-refractivity contribution is 5.78. The smallest absolute Gasteiger partial charge is 0.342 e. The number of halogens is 3. The number of nitrogens with zero attached hydrogens (tertiary/aromatic N) is 1. The van der Waals surface area contributed by atoms with Gasteiger partial charge in [0.15, 0.2) is 0 Å². The quantitative estimate of drug-likeness (QED) is 0.811. The monoisotopic (exact) mass is 299 g/mol. The molecule has 0 spiro atoms. The van der Waals surface area contributed by atoms with Crippen LogP contribution in [0.1, 0.15) is 37.3 Å². The predicted octanol–water partition coefficient (Wildman–Crippen LogP) is 3.90. The molecular formula is C16H20F3NO. The van der Waals surface area contributed by atoms with Crippen molar-refractivity contribution >= 4 is 5.91 Å². The maximum atomic E-state index is 12.7. The van der Waals surface area contributed by atoms with E-state index in [1.165, 1.54) is 6.07 Å². The van der Waals surface area contributed by atoms with Crippen molar-refractivity contribution in [3.05, 3.63) is 35.4 Å². The highest BCUT2D eigenvalue weighted by Crippen LogP contribution is 2.29. The van der Waals surface area contributed by atoms with Crippen molar-refractivity contribution in [1.82, 2.24) is 4.90 Å². The average molecular weight is 299 g/mol. The number of likely N-dealkylation sites (tertiary alicyclic amines) is 1. The topological polar surface area (TPSA) is 20.3 Å². The minimum atomic E-state index is -4.36. The van der Waals surface area contributed by atoms with Crippen LogP contribution in [-0.4, -0.2) is 23.9 Å². The number of hydrogen-bond donors (Lipinski definition) is 0. The summed E-state index contributed by atoms with van der Waals surface area (Å²) in [4.78, 5) is 14.0. The van der Waals surface area contributed by atoms with Crippen molar-refractivity contribution in [3.8, 4) is 0 Å². The van der Waals surface area contributed by atoms with Crippen molar-refractivity contribution in [2.75, 3.05) is 13.1 Å². The molecule has 0 N–H and O–H groups in total. The molecular weight excluding hydrogens is 279 g/mol. The summed E-state index contributed by atoms with van der Waals surface area (Å²) < 4.78 is 38.0. The van der Waals surface area contributed by atoms with Gasteiger partial charge in [-0.05, 0) is 36.8 Å². The van der Waals surface area contributed by atoms with Gasteiger partial charge in [0.25, 0.3) is 0 Å². The molecule has 2 nitrogen and oxygen atoms in total. The first-order valence-corrected chi connectivity index (χ1v) is 7.30. The van der Waals surface area contributed by atoms with Crippen molar-refractivity contribution in [2.45, 2.75) is 38.8 Å². The third-order valence-corrected chi connectivity index (χ3v) is 3.98. The lowest BCUT2D eigenvalue weighted by atomic mass is 10.0. The molecule has 0 aliphatic carbocycles. The summed E-state index contributed by atoms with van der Waals surface area (Å²) in [5.41, 5.74) is -0.274. The van der Waals surface area contributed by atoms with Crippen LogP contribution in [0.25, 0.3) is 0 Å². The zero-order valence-electron chi connectivity index (χ0n) is 12.1. The van der Waals surface area contributed by atoms with Crippen molar-refractivity contribution in [2.24, 2.45) is 5.92 Å². The van der Waals surface area contributed by atoms with Gasteiger partial charge in [0.1, 0.15) is 0 Å². The van der Waals surface area contributed by atoms with E-state index in [-0.39, 0.29) is 12.3 Å². The van der Waals surface area contributed by atoms with Crippen LogP contribution in [0.2, 0.25) is 0 Å². The number of carbonyl (C=O) groups is 1. The molecule has 2 rings (SSSR count). The van der Waals surface area contributed by atoms with Gasteiger partial charge in [-0.1, -0.05) is 25.1 Å². The normalized spacial score (nSPS) is 20.2. The van der Waals surface area contributed by atoms with Crippen molar-refractivity contribution in [3.63, 3.8) is 0 Å². The molecule has 0 bridgehead atoms. The zero-order valence-corrected chi connectivity index (χ0v) is 12.1. The minimum absolute atomic E-state index is 0.0400. The first-order chi connectivity index (χ1) is 9.86. The van der Waals surface area contributed by atoms with Gasteiger partial charge in [0.2, 0.25) is 5.91 Å². The molecule has 1 fully saturated rings. The van der Waals surface area contributed by atoms with E-state index in [9.17, 15) is 18.0 Å². The predicted molar refractivity (Wildman–Crippen MR) is 74.7 cm³/mol. The van der Waals surface area contributed by atoms with Crippen LogP contribution in [0, 0.1) is 5.92 Å². The van der Waals surface area contributed by atoms with E-state index in [1.807, 2.05) is 0 Å². The van der Waals surface area contributed by atoms with Crippen molar-refractivity contribution < 1.29 is 18.0 Å². The molecule has 5 heteroatoms. The Morgan fingerprint density at radius 2 is 2.05 bits per heavy atom. The first kappa shape index (κ1) is 15.9. The van der Waals surface area contributed by atoms with E-state index in [4.69, 9.17) is 0 Å². The van der Waals surface area contributed by atoms with Gasteiger partial charge in [0, 0.05) is 13.1 Å². The van der Waals surface area contributed by atoms with Crippen LogP contribution in [-0.2, 0) is 17.4 Å². The highest BCUT2D eigenvalue weighted by atomic mass is 19.4. The summed E-state index contributed by atoms with van der Waals surface area (Å²) in [7, 11) is 0. The Kier molecular flexibility index (Phi) is 4.91. The number of carbonyl (C=O) groups excluding carboxylic acids is 1. The van der Waals surface area contributed by atoms with E-state index in [0.29, 0.717) is 24.6 Å². The molecule has 1 heterocycles. The van der Waals surface area contributed by atoms with Gasteiger partial charge in [0.05, 0.1) is 12.0 Å². The zero-order chi connectivity index (χ0) is 15.5. The molecule has 21 heavy (non-hydrogen) atoms. The molecule has 1 aromatic rings. The van der Waals surface area contributed by atoms with E-state index in [0.717, 1.165) is 31.4 Å². The Labute approximate surface area is 122 Å². The SMILES string of the molecule is CC1CCCN(C(=O)Cc2cccc(C(F)(F)F)c2)CC1. The maximum Gasteiger partial charge on any atom is 0.416 e. The summed E-state index contributed by atoms with van der Waals surface area (Å²) in [6, 6.07) is 5.03. The minimum Gasteiger partial charge on any atom is -0.342 e. The summed E-state index contributed by atoms with van der Waals surface area (Å²) >= 11 is 0. The maximum absolute atomic E-state index is 12.7.